The van der Waals surface area contributed by atoms with Crippen LogP contribution >= 0.6 is 23.2 Å². The predicted molar refractivity (Wildman–Crippen MR) is 235 cm³/mol. The lowest BCUT2D eigenvalue weighted by Gasteiger charge is -2.37. The fourth-order valence-electron chi connectivity index (χ4n) is 8.89. The molecule has 324 valence electrons. The Balaban J connectivity index is 0.926. The monoisotopic (exact) mass is 890 g/mol. The highest BCUT2D eigenvalue weighted by Gasteiger charge is 2.52. The maximum absolute atomic E-state index is 16.7. The summed E-state index contributed by atoms with van der Waals surface area (Å²) in [5.41, 5.74) is 6.53. The van der Waals surface area contributed by atoms with Crippen molar-refractivity contribution in [1.82, 2.24) is 18.8 Å². The summed E-state index contributed by atoms with van der Waals surface area (Å²) < 4.78 is 94.8. The van der Waals surface area contributed by atoms with Gasteiger partial charge in [0.15, 0.2) is 0 Å². The number of allylic oxidation sites excluding steroid dienone is 2. The highest BCUT2D eigenvalue weighted by molar-refractivity contribution is 6.60. The average Bonchev–Trinajstić information content (AvgIpc) is 4.06. The number of halogens is 6. The van der Waals surface area contributed by atoms with Crippen LogP contribution in [0.5, 0.6) is 0 Å². The largest absolute Gasteiger partial charge is 0.640 e. The second kappa shape index (κ2) is 17.4. The van der Waals surface area contributed by atoms with E-state index in [1.165, 1.54) is 12.1 Å². The molecule has 0 N–H and O–H groups in total. The van der Waals surface area contributed by atoms with Crippen LogP contribution < -0.4 is 0 Å². The summed E-state index contributed by atoms with van der Waals surface area (Å²) in [5.74, 6) is 0.634. The molecule has 1 fully saturated rings. The molecule has 62 heavy (non-hydrogen) atoms. The summed E-state index contributed by atoms with van der Waals surface area (Å²) in [6, 6.07) is 21.9. The van der Waals surface area contributed by atoms with E-state index in [0.717, 1.165) is 40.2 Å². The predicted octanol–water partition coefficient (Wildman–Crippen LogP) is 7.55. The van der Waals surface area contributed by atoms with Crippen molar-refractivity contribution in [3.63, 3.8) is 0 Å². The Bertz CT molecular complexity index is 2370. The molecule has 0 amide bonds. The van der Waals surface area contributed by atoms with E-state index >= 15 is 17.3 Å². The van der Waals surface area contributed by atoms with E-state index in [1.807, 2.05) is 72.2 Å². The number of benzene rings is 2. The lowest BCUT2D eigenvalue weighted by atomic mass is 9.86. The van der Waals surface area contributed by atoms with Crippen LogP contribution in [-0.4, -0.2) is 132 Å². The van der Waals surface area contributed by atoms with Gasteiger partial charge in [0.05, 0.1) is 74.6 Å². The maximum Gasteiger partial charge on any atom is 0.640 e. The third kappa shape index (κ3) is 7.68. The zero-order valence-corrected chi connectivity index (χ0v) is 36.0. The minimum Gasteiger partial charge on any atom is -0.414 e. The normalized spacial score (nSPS) is 21.0. The fraction of sp³-hybridized carbons (Fsp3) is 0.318. The molecule has 0 spiro atoms. The van der Waals surface area contributed by atoms with Gasteiger partial charge in [0.2, 0.25) is 11.7 Å². The van der Waals surface area contributed by atoms with Crippen molar-refractivity contribution in [2.75, 3.05) is 79.0 Å². The lowest BCUT2D eigenvalue weighted by Crippen LogP contribution is -2.54. The van der Waals surface area contributed by atoms with Crippen molar-refractivity contribution in [2.45, 2.75) is 13.8 Å². The van der Waals surface area contributed by atoms with Gasteiger partial charge in [-0.15, -0.1) is 0 Å². The molecule has 0 aliphatic carbocycles. The van der Waals surface area contributed by atoms with Gasteiger partial charge < -0.3 is 54.1 Å². The summed E-state index contributed by atoms with van der Waals surface area (Å²) >= 11 is 12.9. The van der Waals surface area contributed by atoms with Crippen LogP contribution in [-0.2, 0) is 18.9 Å². The third-order valence-electron chi connectivity index (χ3n) is 11.9. The molecular formula is C44H46B2Cl2F4N6O4. The molecule has 7 heterocycles. The topological polar surface area (TPSA) is 59.3 Å². The molecular weight excluding hydrogens is 845 g/mol. The van der Waals surface area contributed by atoms with Gasteiger partial charge in [0.25, 0.3) is 0 Å². The van der Waals surface area contributed by atoms with Gasteiger partial charge in [0, 0.05) is 34.7 Å². The molecule has 2 aromatic heterocycles. The SMILES string of the molecule is Cc1ccc(C2=C3C=CC(N4CCOCCOCCN(C5=[N+]6C(=C(c7ccc(C)cc7)c7ccc(Cl)n7[B-]6(F)F)C=C5)CCOCCOCC4)=[N+]3[B-](F)(F)n3c(Cl)ccc32)cc1. The third-order valence-corrected chi connectivity index (χ3v) is 12.5. The molecule has 0 unspecified atom stereocenters. The van der Waals surface area contributed by atoms with Gasteiger partial charge >= 0.3 is 13.9 Å². The smallest absolute Gasteiger partial charge is 0.414 e. The number of aryl methyl sites for hydroxylation is 2. The van der Waals surface area contributed by atoms with Crippen LogP contribution in [0, 0.1) is 13.8 Å². The zero-order chi connectivity index (χ0) is 43.2. The van der Waals surface area contributed by atoms with E-state index in [4.69, 9.17) is 42.1 Å². The molecule has 5 aliphatic rings. The van der Waals surface area contributed by atoms with E-state index in [9.17, 15) is 0 Å². The van der Waals surface area contributed by atoms with E-state index in [2.05, 4.69) is 0 Å². The van der Waals surface area contributed by atoms with E-state index in [1.54, 1.807) is 36.4 Å². The Kier molecular flexibility index (Phi) is 11.9. The molecule has 1 saturated heterocycles. The van der Waals surface area contributed by atoms with Crippen LogP contribution in [0.2, 0.25) is 10.3 Å². The number of hydrogen-bond donors (Lipinski definition) is 0. The Morgan fingerprint density at radius 2 is 0.806 bits per heavy atom. The molecule has 18 heteroatoms. The van der Waals surface area contributed by atoms with E-state index in [-0.39, 0.29) is 63.2 Å². The summed E-state index contributed by atoms with van der Waals surface area (Å²) in [6.45, 7) is -1.78. The zero-order valence-electron chi connectivity index (χ0n) is 34.5. The standard InChI is InChI=1S/C44H46B2Cl2F4N6O4/c1-31-3-7-33(8-4-31)43-35-11-15-39(47)55(35)45(49,50)57-37(43)13-17-41(57)53-19-23-59-27-29-61-25-21-54(22-26-62-30-28-60-24-20-53)42-18-14-38-44(34-9-5-32(2)6-10-34)36-12-16-40(48)56(36)46(51,52)58(38)42/h3-18H,19-30H2,1-2H3. The van der Waals surface area contributed by atoms with Gasteiger partial charge in [-0.1, -0.05) is 82.9 Å². The quantitative estimate of drug-likeness (QED) is 0.153. The van der Waals surface area contributed by atoms with Gasteiger partial charge in [0.1, 0.15) is 26.2 Å². The fourth-order valence-corrected chi connectivity index (χ4v) is 9.43. The Morgan fingerprint density at radius 3 is 1.15 bits per heavy atom. The van der Waals surface area contributed by atoms with Gasteiger partial charge in [-0.2, -0.15) is 0 Å². The van der Waals surface area contributed by atoms with Crippen molar-refractivity contribution in [1.29, 1.82) is 0 Å². The van der Waals surface area contributed by atoms with Crippen LogP contribution in [0.15, 0.2) is 108 Å². The molecule has 5 aliphatic heterocycles. The van der Waals surface area contributed by atoms with Crippen LogP contribution in [0.4, 0.5) is 17.3 Å². The first-order valence-corrected chi connectivity index (χ1v) is 21.6. The molecule has 2 aromatic carbocycles. The lowest BCUT2D eigenvalue weighted by molar-refractivity contribution is -0.368. The minimum absolute atomic E-state index is 0.0488. The van der Waals surface area contributed by atoms with Crippen LogP contribution in [0.3, 0.4) is 0 Å². The first kappa shape index (κ1) is 42.5. The average molecular weight is 891 g/mol. The number of amidine groups is 2. The van der Waals surface area contributed by atoms with E-state index < -0.39 is 13.9 Å². The molecule has 0 saturated carbocycles. The summed E-state index contributed by atoms with van der Waals surface area (Å²) in [6.07, 6.45) is 6.91. The van der Waals surface area contributed by atoms with Crippen molar-refractivity contribution in [3.8, 4) is 0 Å². The Hall–Kier alpha value is -4.83. The highest BCUT2D eigenvalue weighted by Crippen LogP contribution is 2.43. The number of nitrogens with zero attached hydrogens (tertiary/aromatic N) is 6. The first-order chi connectivity index (χ1) is 30.0. The Morgan fingerprint density at radius 1 is 0.468 bits per heavy atom. The molecule has 0 radical (unpaired) electrons. The number of ether oxygens (including phenoxy) is 4. The van der Waals surface area contributed by atoms with Crippen molar-refractivity contribution in [3.05, 3.63) is 152 Å². The van der Waals surface area contributed by atoms with Crippen LogP contribution in [0.1, 0.15) is 33.6 Å². The van der Waals surface area contributed by atoms with Gasteiger partial charge in [-0.25, -0.2) is 0 Å². The molecule has 9 rings (SSSR count). The molecule has 10 nitrogen and oxygen atoms in total. The number of hydrogen-bond acceptors (Lipinski definition) is 6. The molecule has 4 aromatic rings. The second-order valence-electron chi connectivity index (χ2n) is 15.8. The Labute approximate surface area is 367 Å². The maximum atomic E-state index is 16.7. The number of fused-ring (bicyclic) bond motifs is 4. The number of rotatable bonds is 2. The van der Waals surface area contributed by atoms with Crippen molar-refractivity contribution >= 4 is 60.0 Å². The van der Waals surface area contributed by atoms with Gasteiger partial charge in [-0.05, 0) is 61.4 Å². The molecule has 0 bridgehead atoms. The van der Waals surface area contributed by atoms with Crippen molar-refractivity contribution in [2.24, 2.45) is 0 Å². The summed E-state index contributed by atoms with van der Waals surface area (Å²) in [5, 5.41) is -0.0977. The highest BCUT2D eigenvalue weighted by atomic mass is 35.5. The van der Waals surface area contributed by atoms with Gasteiger partial charge in [-0.3, -0.25) is 9.80 Å². The summed E-state index contributed by atoms with van der Waals surface area (Å²) in [4.78, 5) is 3.69. The second-order valence-corrected chi connectivity index (χ2v) is 16.6. The minimum atomic E-state index is -4.37. The molecule has 0 atom stereocenters. The number of aromatic nitrogens is 2. The van der Waals surface area contributed by atoms with E-state index in [0.29, 0.717) is 71.8 Å². The summed E-state index contributed by atoms with van der Waals surface area (Å²) in [7, 11) is 0. The van der Waals surface area contributed by atoms with Crippen molar-refractivity contribution < 1.29 is 45.2 Å². The van der Waals surface area contributed by atoms with Crippen LogP contribution in [0.25, 0.3) is 11.1 Å². The first-order valence-electron chi connectivity index (χ1n) is 20.9.